The maximum absolute atomic E-state index is 12.4. The largest absolute Gasteiger partial charge is 0.461 e. The van der Waals surface area contributed by atoms with Gasteiger partial charge in [-0.05, 0) is 12.1 Å². The number of nitrogens with zero attached hydrogens (tertiary/aromatic N) is 4. The van der Waals surface area contributed by atoms with E-state index in [0.717, 1.165) is 29.9 Å². The molecule has 7 heteroatoms. The Morgan fingerprint density at radius 1 is 1.35 bits per heavy atom. The van der Waals surface area contributed by atoms with Gasteiger partial charge in [-0.2, -0.15) is 0 Å². The highest BCUT2D eigenvalue weighted by atomic mass is 16.3. The van der Waals surface area contributed by atoms with Crippen LogP contribution in [0.25, 0.3) is 11.6 Å². The van der Waals surface area contributed by atoms with Gasteiger partial charge < -0.3 is 9.40 Å². The average Bonchev–Trinajstić information content (AvgIpc) is 3.11. The van der Waals surface area contributed by atoms with Crippen LogP contribution in [-0.2, 0) is 19.5 Å². The Kier molecular flexibility index (Phi) is 3.47. The molecule has 0 aliphatic carbocycles. The molecule has 23 heavy (non-hydrogen) atoms. The third kappa shape index (κ3) is 2.78. The number of hydrogen-bond donors (Lipinski definition) is 1. The summed E-state index contributed by atoms with van der Waals surface area (Å²) in [5.74, 6) is 1.06. The first-order valence-electron chi connectivity index (χ1n) is 7.43. The lowest BCUT2D eigenvalue weighted by Gasteiger charge is -2.27. The molecule has 0 saturated carbocycles. The molecule has 3 aromatic heterocycles. The van der Waals surface area contributed by atoms with Crippen molar-refractivity contribution in [3.8, 4) is 11.6 Å². The van der Waals surface area contributed by atoms with Crippen LogP contribution in [0.3, 0.4) is 0 Å². The smallest absolute Gasteiger partial charge is 0.256 e. The van der Waals surface area contributed by atoms with Crippen molar-refractivity contribution in [3.05, 3.63) is 64.3 Å². The quantitative estimate of drug-likeness (QED) is 0.786. The normalized spacial score (nSPS) is 14.6. The minimum atomic E-state index is -0.106. The number of H-pyrrole nitrogens is 1. The molecule has 0 bridgehead atoms. The second-order valence-electron chi connectivity index (χ2n) is 5.47. The van der Waals surface area contributed by atoms with Gasteiger partial charge in [-0.15, -0.1) is 0 Å². The zero-order valence-corrected chi connectivity index (χ0v) is 12.4. The number of aromatic amines is 1. The molecule has 0 amide bonds. The van der Waals surface area contributed by atoms with Crippen molar-refractivity contribution in [1.82, 2.24) is 24.8 Å². The standard InChI is InChI=1S/C16H15N5O2/c22-16-12-10-21(9-11-8-17-4-5-18-11)6-3-13(12)19-15(20-16)14-2-1-7-23-14/h1-2,4-5,7-8H,3,6,9-10H2,(H,19,20,22). The zero-order valence-electron chi connectivity index (χ0n) is 12.4. The molecular weight excluding hydrogens is 294 g/mol. The first kappa shape index (κ1) is 13.8. The van der Waals surface area contributed by atoms with E-state index in [1.807, 2.05) is 0 Å². The topological polar surface area (TPSA) is 87.9 Å². The van der Waals surface area contributed by atoms with E-state index in [0.29, 0.717) is 24.7 Å². The number of nitrogens with one attached hydrogen (secondary N) is 1. The highest BCUT2D eigenvalue weighted by Crippen LogP contribution is 2.19. The number of rotatable bonds is 3. The second kappa shape index (κ2) is 5.77. The van der Waals surface area contributed by atoms with Crippen LogP contribution in [0.15, 0.2) is 46.2 Å². The van der Waals surface area contributed by atoms with Crippen LogP contribution < -0.4 is 5.56 Å². The molecule has 7 nitrogen and oxygen atoms in total. The van der Waals surface area contributed by atoms with Crippen LogP contribution in [0.4, 0.5) is 0 Å². The van der Waals surface area contributed by atoms with Crippen LogP contribution in [-0.4, -0.2) is 31.4 Å². The van der Waals surface area contributed by atoms with Gasteiger partial charge in [-0.1, -0.05) is 0 Å². The van der Waals surface area contributed by atoms with Crippen molar-refractivity contribution in [1.29, 1.82) is 0 Å². The van der Waals surface area contributed by atoms with Gasteiger partial charge in [0, 0.05) is 44.6 Å². The summed E-state index contributed by atoms with van der Waals surface area (Å²) in [6, 6.07) is 3.56. The highest BCUT2D eigenvalue weighted by molar-refractivity contribution is 5.46. The number of fused-ring (bicyclic) bond motifs is 1. The van der Waals surface area contributed by atoms with Gasteiger partial charge in [-0.25, -0.2) is 4.98 Å². The summed E-state index contributed by atoms with van der Waals surface area (Å²) in [5, 5.41) is 0. The molecule has 116 valence electrons. The summed E-state index contributed by atoms with van der Waals surface area (Å²) >= 11 is 0. The fourth-order valence-corrected chi connectivity index (χ4v) is 2.79. The molecule has 1 N–H and O–H groups in total. The minimum Gasteiger partial charge on any atom is -0.461 e. The van der Waals surface area contributed by atoms with Crippen molar-refractivity contribution in [2.24, 2.45) is 0 Å². The van der Waals surface area contributed by atoms with Crippen molar-refractivity contribution in [2.75, 3.05) is 6.54 Å². The van der Waals surface area contributed by atoms with E-state index < -0.39 is 0 Å². The maximum atomic E-state index is 12.4. The molecular formula is C16H15N5O2. The van der Waals surface area contributed by atoms with Gasteiger partial charge >= 0.3 is 0 Å². The van der Waals surface area contributed by atoms with Crippen LogP contribution in [0.1, 0.15) is 17.0 Å². The van der Waals surface area contributed by atoms with E-state index in [4.69, 9.17) is 4.42 Å². The fourth-order valence-electron chi connectivity index (χ4n) is 2.79. The molecule has 0 aromatic carbocycles. The Balaban J connectivity index is 1.59. The Bertz CT molecular complexity index is 858. The second-order valence-corrected chi connectivity index (χ2v) is 5.47. The van der Waals surface area contributed by atoms with Crippen molar-refractivity contribution < 1.29 is 4.42 Å². The summed E-state index contributed by atoms with van der Waals surface area (Å²) in [5.41, 5.74) is 2.35. The first-order valence-corrected chi connectivity index (χ1v) is 7.43. The Morgan fingerprint density at radius 2 is 2.30 bits per heavy atom. The average molecular weight is 309 g/mol. The van der Waals surface area contributed by atoms with Gasteiger partial charge in [0.2, 0.25) is 0 Å². The van der Waals surface area contributed by atoms with Gasteiger partial charge in [0.1, 0.15) is 0 Å². The van der Waals surface area contributed by atoms with Gasteiger partial charge in [0.25, 0.3) is 5.56 Å². The van der Waals surface area contributed by atoms with Crippen molar-refractivity contribution >= 4 is 0 Å². The third-order valence-electron chi connectivity index (χ3n) is 3.90. The van der Waals surface area contributed by atoms with Crippen LogP contribution in [0, 0.1) is 0 Å². The third-order valence-corrected chi connectivity index (χ3v) is 3.90. The summed E-state index contributed by atoms with van der Waals surface area (Å²) in [6.07, 6.45) is 7.37. The number of furan rings is 1. The number of hydrogen-bond acceptors (Lipinski definition) is 6. The predicted molar refractivity (Wildman–Crippen MR) is 82.4 cm³/mol. The molecule has 1 aliphatic heterocycles. The summed E-state index contributed by atoms with van der Waals surface area (Å²) in [6.45, 7) is 2.07. The van der Waals surface area contributed by atoms with Gasteiger partial charge in [0.15, 0.2) is 11.6 Å². The molecule has 0 spiro atoms. The van der Waals surface area contributed by atoms with E-state index in [1.54, 1.807) is 37.0 Å². The first-order chi connectivity index (χ1) is 11.3. The highest BCUT2D eigenvalue weighted by Gasteiger charge is 2.22. The van der Waals surface area contributed by atoms with Crippen LogP contribution >= 0.6 is 0 Å². The molecule has 0 radical (unpaired) electrons. The lowest BCUT2D eigenvalue weighted by molar-refractivity contribution is 0.238. The Morgan fingerprint density at radius 3 is 3.09 bits per heavy atom. The van der Waals surface area contributed by atoms with E-state index >= 15 is 0 Å². The van der Waals surface area contributed by atoms with Crippen LogP contribution in [0.5, 0.6) is 0 Å². The molecule has 4 heterocycles. The molecule has 1 aliphatic rings. The SMILES string of the molecule is O=c1[nH]c(-c2ccco2)nc2c1CN(Cc1cnccn1)CC2. The van der Waals surface area contributed by atoms with Crippen molar-refractivity contribution in [2.45, 2.75) is 19.5 Å². The lowest BCUT2D eigenvalue weighted by atomic mass is 10.1. The fraction of sp³-hybridized carbons (Fsp3) is 0.250. The van der Waals surface area contributed by atoms with Gasteiger partial charge in [0.05, 0.1) is 23.2 Å². The Labute approximate surface area is 132 Å². The van der Waals surface area contributed by atoms with Gasteiger partial charge in [-0.3, -0.25) is 19.7 Å². The monoisotopic (exact) mass is 309 g/mol. The molecule has 0 saturated heterocycles. The summed E-state index contributed by atoms with van der Waals surface area (Å²) < 4.78 is 5.31. The predicted octanol–water partition coefficient (Wildman–Crippen LogP) is 1.38. The van der Waals surface area contributed by atoms with E-state index in [9.17, 15) is 4.79 Å². The zero-order chi connectivity index (χ0) is 15.6. The molecule has 0 unspecified atom stereocenters. The number of aromatic nitrogens is 4. The maximum Gasteiger partial charge on any atom is 0.256 e. The van der Waals surface area contributed by atoms with Crippen LogP contribution in [0.2, 0.25) is 0 Å². The van der Waals surface area contributed by atoms with E-state index in [1.165, 1.54) is 0 Å². The Hall–Kier alpha value is -2.80. The minimum absolute atomic E-state index is 0.106. The molecule has 4 rings (SSSR count). The van der Waals surface area contributed by atoms with E-state index in [-0.39, 0.29) is 5.56 Å². The molecule has 0 fully saturated rings. The summed E-state index contributed by atoms with van der Waals surface area (Å²) in [4.78, 5) is 30.3. The lowest BCUT2D eigenvalue weighted by Crippen LogP contribution is -2.35. The molecule has 0 atom stereocenters. The van der Waals surface area contributed by atoms with E-state index in [2.05, 4.69) is 24.8 Å². The van der Waals surface area contributed by atoms with Crippen molar-refractivity contribution in [3.63, 3.8) is 0 Å². The molecule has 3 aromatic rings. The summed E-state index contributed by atoms with van der Waals surface area (Å²) in [7, 11) is 0.